The summed E-state index contributed by atoms with van der Waals surface area (Å²) in [4.78, 5) is 17.8. The number of imidazole rings is 2. The van der Waals surface area contributed by atoms with Gasteiger partial charge in [0.05, 0.1) is 36.9 Å². The molecule has 2 unspecified atom stereocenters. The number of rotatable bonds is 3. The molecule has 0 bridgehead atoms. The lowest BCUT2D eigenvalue weighted by Crippen LogP contribution is -2.25. The highest BCUT2D eigenvalue weighted by Crippen LogP contribution is 2.34. The van der Waals surface area contributed by atoms with Crippen molar-refractivity contribution in [3.8, 4) is 11.3 Å². The van der Waals surface area contributed by atoms with Crippen LogP contribution in [0.1, 0.15) is 51.3 Å². The van der Waals surface area contributed by atoms with Gasteiger partial charge in [-0.1, -0.05) is 0 Å². The van der Waals surface area contributed by atoms with E-state index in [1.54, 1.807) is 12.7 Å². The summed E-state index contributed by atoms with van der Waals surface area (Å²) in [6.07, 6.45) is 8.35. The molecule has 2 saturated heterocycles. The summed E-state index contributed by atoms with van der Waals surface area (Å²) >= 11 is 6.29. The van der Waals surface area contributed by atoms with Crippen LogP contribution in [0, 0.1) is 5.82 Å². The molecule has 33 heavy (non-hydrogen) atoms. The molecule has 2 fully saturated rings. The van der Waals surface area contributed by atoms with Crippen molar-refractivity contribution in [3.05, 3.63) is 35.9 Å². The first kappa shape index (κ1) is 20.9. The Morgan fingerprint density at radius 2 is 1.91 bits per heavy atom. The lowest BCUT2D eigenvalue weighted by molar-refractivity contribution is -0.0298. The van der Waals surface area contributed by atoms with E-state index in [1.807, 2.05) is 15.2 Å². The molecule has 8 nitrogen and oxygen atoms in total. The van der Waals surface area contributed by atoms with E-state index >= 15 is 4.39 Å². The minimum atomic E-state index is -0.364. The van der Waals surface area contributed by atoms with Gasteiger partial charge >= 0.3 is 0 Å². The number of nitrogens with zero attached hydrogens (tertiary/aromatic N) is 6. The highest BCUT2D eigenvalue weighted by molar-refractivity contribution is 6.28. The van der Waals surface area contributed by atoms with Crippen LogP contribution in [0.15, 0.2) is 24.8 Å². The lowest BCUT2D eigenvalue weighted by atomic mass is 10.1. The summed E-state index contributed by atoms with van der Waals surface area (Å²) in [6, 6.07) is 3.37. The van der Waals surface area contributed by atoms with Crippen molar-refractivity contribution in [2.75, 3.05) is 13.2 Å². The molecule has 10 heteroatoms. The molecule has 3 atom stereocenters. The zero-order valence-electron chi connectivity index (χ0n) is 18.2. The van der Waals surface area contributed by atoms with E-state index in [2.05, 4.69) is 26.9 Å². The van der Waals surface area contributed by atoms with Crippen molar-refractivity contribution in [3.63, 3.8) is 0 Å². The van der Waals surface area contributed by atoms with Crippen molar-refractivity contribution < 1.29 is 13.9 Å². The molecular formula is C23H24ClFN6O2. The summed E-state index contributed by atoms with van der Waals surface area (Å²) < 4.78 is 30.9. The van der Waals surface area contributed by atoms with Gasteiger partial charge in [0.1, 0.15) is 28.8 Å². The average Bonchev–Trinajstić information content (AvgIpc) is 3.44. The van der Waals surface area contributed by atoms with E-state index in [1.165, 1.54) is 6.07 Å². The number of fused-ring (bicyclic) bond motifs is 2. The van der Waals surface area contributed by atoms with Gasteiger partial charge in [-0.05, 0) is 62.8 Å². The lowest BCUT2D eigenvalue weighted by Gasteiger charge is -2.28. The van der Waals surface area contributed by atoms with Crippen LogP contribution < -0.4 is 0 Å². The number of hydrogen-bond acceptors (Lipinski definition) is 6. The Morgan fingerprint density at radius 3 is 2.70 bits per heavy atom. The third-order valence-electron chi connectivity index (χ3n) is 6.63. The Labute approximate surface area is 194 Å². The summed E-state index contributed by atoms with van der Waals surface area (Å²) in [6.45, 7) is 3.31. The molecule has 3 aromatic heterocycles. The van der Waals surface area contributed by atoms with E-state index in [9.17, 15) is 0 Å². The van der Waals surface area contributed by atoms with Gasteiger partial charge in [0.2, 0.25) is 5.28 Å². The number of benzene rings is 1. The molecule has 2 aliphatic heterocycles. The third-order valence-corrected chi connectivity index (χ3v) is 6.80. The molecule has 0 aliphatic carbocycles. The van der Waals surface area contributed by atoms with Crippen molar-refractivity contribution in [1.82, 2.24) is 29.1 Å². The molecule has 0 radical (unpaired) electrons. The monoisotopic (exact) mass is 470 g/mol. The molecule has 2 aliphatic rings. The van der Waals surface area contributed by atoms with E-state index in [-0.39, 0.29) is 29.5 Å². The topological polar surface area (TPSA) is 79.9 Å². The fourth-order valence-electron chi connectivity index (χ4n) is 4.87. The van der Waals surface area contributed by atoms with Crippen molar-refractivity contribution in [2.24, 2.45) is 0 Å². The van der Waals surface area contributed by atoms with Crippen LogP contribution in [-0.2, 0) is 9.47 Å². The van der Waals surface area contributed by atoms with E-state index < -0.39 is 0 Å². The van der Waals surface area contributed by atoms with Crippen molar-refractivity contribution in [2.45, 2.75) is 57.4 Å². The van der Waals surface area contributed by atoms with Crippen molar-refractivity contribution in [1.29, 1.82) is 0 Å². The van der Waals surface area contributed by atoms with Gasteiger partial charge < -0.3 is 14.0 Å². The number of aromatic nitrogens is 6. The Hall–Kier alpha value is -2.62. The van der Waals surface area contributed by atoms with E-state index in [4.69, 9.17) is 21.1 Å². The summed E-state index contributed by atoms with van der Waals surface area (Å²) in [7, 11) is 0. The molecule has 0 spiro atoms. The zero-order valence-corrected chi connectivity index (χ0v) is 19.0. The number of halogens is 2. The van der Waals surface area contributed by atoms with Gasteiger partial charge in [0, 0.05) is 12.2 Å². The van der Waals surface area contributed by atoms with Gasteiger partial charge in [-0.2, -0.15) is 4.98 Å². The van der Waals surface area contributed by atoms with Gasteiger partial charge in [0.25, 0.3) is 0 Å². The summed E-state index contributed by atoms with van der Waals surface area (Å²) in [5.41, 5.74) is 3.20. The third kappa shape index (κ3) is 3.68. The highest BCUT2D eigenvalue weighted by atomic mass is 35.5. The Balaban J connectivity index is 1.43. The molecule has 0 saturated carbocycles. The molecule has 172 valence electrons. The predicted octanol–water partition coefficient (Wildman–Crippen LogP) is 5.07. The first-order chi connectivity index (χ1) is 16.1. The Bertz CT molecular complexity index is 1320. The average molecular weight is 471 g/mol. The highest BCUT2D eigenvalue weighted by Gasteiger charge is 2.25. The maximum atomic E-state index is 15.4. The van der Waals surface area contributed by atoms with Crippen LogP contribution in [0.4, 0.5) is 4.39 Å². The predicted molar refractivity (Wildman–Crippen MR) is 122 cm³/mol. The molecule has 5 heterocycles. The second kappa shape index (κ2) is 8.30. The molecule has 4 aromatic rings. The number of hydrogen-bond donors (Lipinski definition) is 0. The van der Waals surface area contributed by atoms with Crippen LogP contribution >= 0.6 is 11.6 Å². The van der Waals surface area contributed by atoms with Crippen LogP contribution in [0.25, 0.3) is 33.5 Å². The summed E-state index contributed by atoms with van der Waals surface area (Å²) in [5.74, 6) is -0.364. The maximum absolute atomic E-state index is 15.4. The molecular weight excluding hydrogens is 447 g/mol. The smallest absolute Gasteiger partial charge is 0.225 e. The van der Waals surface area contributed by atoms with Gasteiger partial charge in [-0.15, -0.1) is 0 Å². The fourth-order valence-corrected chi connectivity index (χ4v) is 5.03. The van der Waals surface area contributed by atoms with Gasteiger partial charge in [0.15, 0.2) is 5.65 Å². The minimum absolute atomic E-state index is 0.0675. The van der Waals surface area contributed by atoms with Crippen LogP contribution in [0.5, 0.6) is 0 Å². The zero-order chi connectivity index (χ0) is 22.5. The molecule has 0 amide bonds. The van der Waals surface area contributed by atoms with Crippen molar-refractivity contribution >= 4 is 33.8 Å². The maximum Gasteiger partial charge on any atom is 0.225 e. The fraction of sp³-hybridized carbons (Fsp3) is 0.478. The normalized spacial score (nSPS) is 24.0. The van der Waals surface area contributed by atoms with E-state index in [0.717, 1.165) is 32.1 Å². The first-order valence-electron chi connectivity index (χ1n) is 11.4. The second-order valence-corrected chi connectivity index (χ2v) is 9.18. The van der Waals surface area contributed by atoms with Crippen LogP contribution in [0.3, 0.4) is 0 Å². The quantitative estimate of drug-likeness (QED) is 0.389. The second-order valence-electron chi connectivity index (χ2n) is 8.84. The standard InChI is InChI=1S/C23H24ClFN6O2/c1-13-5-6-15(10-33-13)30-11-26-17-9-14(8-16(25)21(17)30)19-20-22(29-23(24)28-19)31(12-27-20)18-4-2-3-7-32-18/h8-9,11-13,15,18H,2-7,10H2,1H3/t13-,15?,18?/m1/s1. The number of ether oxygens (including phenoxy) is 2. The Morgan fingerprint density at radius 1 is 1.03 bits per heavy atom. The molecule has 1 aromatic carbocycles. The SMILES string of the molecule is C[C@@H]1CCC(n2cnc3cc(-c4nc(Cl)nc5c4ncn5C4CCCCO4)cc(F)c32)CO1. The van der Waals surface area contributed by atoms with E-state index in [0.29, 0.717) is 46.7 Å². The minimum Gasteiger partial charge on any atom is -0.376 e. The first-order valence-corrected chi connectivity index (χ1v) is 11.8. The summed E-state index contributed by atoms with van der Waals surface area (Å²) in [5, 5.41) is 0.0783. The van der Waals surface area contributed by atoms with Gasteiger partial charge in [-0.3, -0.25) is 4.57 Å². The van der Waals surface area contributed by atoms with Crippen LogP contribution in [0.2, 0.25) is 5.28 Å². The molecule has 6 rings (SSSR count). The van der Waals surface area contributed by atoms with Gasteiger partial charge in [-0.25, -0.2) is 19.3 Å². The largest absolute Gasteiger partial charge is 0.376 e. The molecule has 0 N–H and O–H groups in total. The van der Waals surface area contributed by atoms with Crippen LogP contribution in [-0.4, -0.2) is 48.4 Å². The Kier molecular flexibility index (Phi) is 5.27.